The predicted molar refractivity (Wildman–Crippen MR) is 136 cm³/mol. The highest BCUT2D eigenvalue weighted by atomic mass is 16.5. The Bertz CT molecular complexity index is 528. The molecule has 0 saturated heterocycles. The molecule has 0 aromatic carbocycles. The Labute approximate surface area is 225 Å². The topological polar surface area (TPSA) is 205 Å². The number of hydrogen-bond acceptors (Lipinski definition) is 14. The van der Waals surface area contributed by atoms with Crippen LogP contribution in [0.4, 0.5) is 0 Å². The van der Waals surface area contributed by atoms with E-state index < -0.39 is 0 Å². The zero-order valence-electron chi connectivity index (χ0n) is 23.2. The minimum absolute atomic E-state index is 0.00663. The molecule has 0 heterocycles. The van der Waals surface area contributed by atoms with Crippen LogP contribution in [0.5, 0.6) is 0 Å². The quantitative estimate of drug-likeness (QED) is 0.110. The molecule has 0 rings (SSSR count). The fraction of sp³-hybridized carbons (Fsp3) is 0.833. The van der Waals surface area contributed by atoms with Crippen LogP contribution in [0.2, 0.25) is 0 Å². The second-order valence-corrected chi connectivity index (χ2v) is 7.13. The zero-order valence-corrected chi connectivity index (χ0v) is 23.2. The number of carbonyl (C=O) groups excluding carboxylic acids is 4. The molecule has 0 aliphatic rings. The summed E-state index contributed by atoms with van der Waals surface area (Å²) >= 11 is 0. The third kappa shape index (κ3) is 64.4. The molecular weight excluding hydrogens is 512 g/mol. The molecule has 0 aromatic rings. The summed E-state index contributed by atoms with van der Waals surface area (Å²) in [7, 11) is 0. The Kier molecular flexibility index (Phi) is 45.4. The van der Waals surface area contributed by atoms with E-state index in [1.54, 1.807) is 0 Å². The minimum Gasteiger partial charge on any atom is -0.394 e. The van der Waals surface area contributed by atoms with Gasteiger partial charge in [-0.25, -0.2) is 0 Å². The van der Waals surface area contributed by atoms with Gasteiger partial charge in [0, 0.05) is 0 Å². The summed E-state index contributed by atoms with van der Waals surface area (Å²) in [6.07, 6.45) is 0. The monoisotopic (exact) mass is 560 g/mol. The lowest BCUT2D eigenvalue weighted by Crippen LogP contribution is -2.12. The molecule has 228 valence electrons. The zero-order chi connectivity index (χ0) is 29.9. The maximum atomic E-state index is 10.4. The molecular formula is C24H48O14. The highest BCUT2D eigenvalue weighted by Gasteiger charge is 1.94. The van der Waals surface area contributed by atoms with Crippen LogP contribution >= 0.6 is 0 Å². The SMILES string of the molecule is CC(=O)CO.CC(=O)COCCO.CC(=O)COCCOCCO.CC(=O)COCCOCCOCCO. The Hall–Kier alpha value is -1.72. The second-order valence-electron chi connectivity index (χ2n) is 7.13. The van der Waals surface area contributed by atoms with E-state index in [1.807, 2.05) is 0 Å². The number of aliphatic hydroxyl groups excluding tert-OH is 4. The summed E-state index contributed by atoms with van der Waals surface area (Å²) in [6, 6.07) is 0. The molecule has 14 nitrogen and oxygen atoms in total. The molecule has 0 bridgehead atoms. The van der Waals surface area contributed by atoms with Crippen molar-refractivity contribution in [3.05, 3.63) is 0 Å². The maximum absolute atomic E-state index is 10.4. The van der Waals surface area contributed by atoms with Gasteiger partial charge in [0.1, 0.15) is 26.4 Å². The molecule has 38 heavy (non-hydrogen) atoms. The van der Waals surface area contributed by atoms with Crippen molar-refractivity contribution < 1.29 is 68.0 Å². The number of ketones is 4. The Balaban J connectivity index is -0.000000215. The van der Waals surface area contributed by atoms with Crippen LogP contribution in [0.15, 0.2) is 0 Å². The summed E-state index contributed by atoms with van der Waals surface area (Å²) in [5.74, 6) is -0.188. The summed E-state index contributed by atoms with van der Waals surface area (Å²) < 4.78 is 29.5. The van der Waals surface area contributed by atoms with Crippen molar-refractivity contribution in [2.24, 2.45) is 0 Å². The summed E-state index contributed by atoms with van der Waals surface area (Å²) in [5.41, 5.74) is 0. The molecule has 0 amide bonds. The molecule has 0 fully saturated rings. The largest absolute Gasteiger partial charge is 0.394 e. The summed E-state index contributed by atoms with van der Waals surface area (Å²) in [5, 5.41) is 32.6. The second kappa shape index (κ2) is 39.8. The standard InChI is InChI=1S/C9H18O5.C7H14O4.C5H10O3.C3H6O2/c1-9(11)8-14-7-6-13-5-4-12-3-2-10;1-7(9)6-11-5-4-10-3-2-8;1-5(7)4-8-3-2-6;1-3(5)2-4/h10H,2-8H2,1H3;8H,2-6H2,1H3;6H,2-4H2,1H3;4H,2H2,1H3. The van der Waals surface area contributed by atoms with Crippen LogP contribution in [-0.4, -0.2) is 149 Å². The van der Waals surface area contributed by atoms with Gasteiger partial charge in [-0.05, 0) is 27.7 Å². The Morgan fingerprint density at radius 1 is 0.395 bits per heavy atom. The molecule has 0 saturated carbocycles. The molecule has 0 aliphatic carbocycles. The lowest BCUT2D eigenvalue weighted by atomic mass is 10.5. The van der Waals surface area contributed by atoms with Crippen LogP contribution in [0.3, 0.4) is 0 Å². The maximum Gasteiger partial charge on any atom is 0.155 e. The van der Waals surface area contributed by atoms with Gasteiger partial charge in [0.05, 0.1) is 79.3 Å². The number of aliphatic hydroxyl groups is 4. The first-order valence-electron chi connectivity index (χ1n) is 12.0. The number of carbonyl (C=O) groups is 4. The van der Waals surface area contributed by atoms with Crippen LogP contribution < -0.4 is 0 Å². The van der Waals surface area contributed by atoms with Gasteiger partial charge >= 0.3 is 0 Å². The lowest BCUT2D eigenvalue weighted by molar-refractivity contribution is -0.122. The average Bonchev–Trinajstić information content (AvgIpc) is 2.86. The minimum atomic E-state index is -0.333. The lowest BCUT2D eigenvalue weighted by Gasteiger charge is -2.04. The first kappa shape index (κ1) is 43.3. The normalized spacial score (nSPS) is 9.68. The van der Waals surface area contributed by atoms with Crippen molar-refractivity contribution in [2.75, 3.05) is 106 Å². The van der Waals surface area contributed by atoms with Crippen molar-refractivity contribution in [1.29, 1.82) is 0 Å². The van der Waals surface area contributed by atoms with Crippen LogP contribution in [0, 0.1) is 0 Å². The molecule has 14 heteroatoms. The smallest absolute Gasteiger partial charge is 0.155 e. The Morgan fingerprint density at radius 3 is 0.842 bits per heavy atom. The number of ether oxygens (including phenoxy) is 6. The van der Waals surface area contributed by atoms with Gasteiger partial charge in [-0.1, -0.05) is 0 Å². The Morgan fingerprint density at radius 2 is 0.605 bits per heavy atom. The van der Waals surface area contributed by atoms with Gasteiger partial charge in [0.15, 0.2) is 23.1 Å². The molecule has 0 atom stereocenters. The van der Waals surface area contributed by atoms with Crippen LogP contribution in [0.1, 0.15) is 27.7 Å². The van der Waals surface area contributed by atoms with E-state index in [2.05, 4.69) is 4.74 Å². The van der Waals surface area contributed by atoms with Crippen molar-refractivity contribution >= 4 is 23.1 Å². The highest BCUT2D eigenvalue weighted by Crippen LogP contribution is 1.82. The van der Waals surface area contributed by atoms with Crippen LogP contribution in [-0.2, 0) is 47.6 Å². The third-order valence-electron chi connectivity index (χ3n) is 2.96. The fourth-order valence-corrected chi connectivity index (χ4v) is 1.50. The van der Waals surface area contributed by atoms with E-state index in [1.165, 1.54) is 27.7 Å². The molecule has 0 aliphatic heterocycles. The van der Waals surface area contributed by atoms with Gasteiger partial charge in [-0.15, -0.1) is 0 Å². The van der Waals surface area contributed by atoms with Crippen molar-refractivity contribution in [3.63, 3.8) is 0 Å². The first-order valence-corrected chi connectivity index (χ1v) is 12.0. The van der Waals surface area contributed by atoms with Crippen molar-refractivity contribution in [1.82, 2.24) is 0 Å². The van der Waals surface area contributed by atoms with Crippen molar-refractivity contribution in [2.45, 2.75) is 27.7 Å². The predicted octanol–water partition coefficient (Wildman–Crippen LogP) is -1.63. The number of Topliss-reactive ketones (excluding diaryl/α,β-unsaturated/α-hetero) is 4. The number of hydrogen-bond donors (Lipinski definition) is 4. The van der Waals surface area contributed by atoms with Gasteiger partial charge in [0.2, 0.25) is 0 Å². The highest BCUT2D eigenvalue weighted by molar-refractivity contribution is 5.77. The third-order valence-corrected chi connectivity index (χ3v) is 2.96. The van der Waals surface area contributed by atoms with E-state index in [0.29, 0.717) is 52.9 Å². The van der Waals surface area contributed by atoms with E-state index in [9.17, 15) is 19.2 Å². The summed E-state index contributed by atoms with van der Waals surface area (Å²) in [6.45, 7) is 9.36. The van der Waals surface area contributed by atoms with E-state index in [4.69, 9.17) is 44.1 Å². The molecule has 4 N–H and O–H groups in total. The first-order chi connectivity index (χ1) is 18.1. The van der Waals surface area contributed by atoms with E-state index >= 15 is 0 Å². The molecule has 0 radical (unpaired) electrons. The average molecular weight is 561 g/mol. The fourth-order valence-electron chi connectivity index (χ4n) is 1.50. The van der Waals surface area contributed by atoms with Gasteiger partial charge in [-0.3, -0.25) is 19.2 Å². The van der Waals surface area contributed by atoms with Gasteiger partial charge in [-0.2, -0.15) is 0 Å². The number of rotatable bonds is 22. The summed E-state index contributed by atoms with van der Waals surface area (Å²) in [4.78, 5) is 40.4. The van der Waals surface area contributed by atoms with Crippen LogP contribution in [0.25, 0.3) is 0 Å². The molecule has 0 aromatic heterocycles. The van der Waals surface area contributed by atoms with E-state index in [-0.39, 0.29) is 76.0 Å². The molecule has 0 spiro atoms. The van der Waals surface area contributed by atoms with Crippen molar-refractivity contribution in [3.8, 4) is 0 Å². The molecule has 0 unspecified atom stereocenters. The van der Waals surface area contributed by atoms with Gasteiger partial charge in [0.25, 0.3) is 0 Å². The van der Waals surface area contributed by atoms with Gasteiger partial charge < -0.3 is 48.8 Å². The van der Waals surface area contributed by atoms with E-state index in [0.717, 1.165) is 0 Å².